The van der Waals surface area contributed by atoms with Gasteiger partial charge in [-0.05, 0) is 77.6 Å². The minimum absolute atomic E-state index is 0.00836. The first kappa shape index (κ1) is 26.5. The highest BCUT2D eigenvalue weighted by Crippen LogP contribution is 2.33. The fourth-order valence-electron chi connectivity index (χ4n) is 4.27. The quantitative estimate of drug-likeness (QED) is 0.200. The predicted octanol–water partition coefficient (Wildman–Crippen LogP) is 8.94. The molecule has 0 aliphatic heterocycles. The zero-order valence-corrected chi connectivity index (χ0v) is 21.9. The minimum Gasteiger partial charge on any atom is -0.481 e. The number of halogens is 2. The van der Waals surface area contributed by atoms with Gasteiger partial charge in [0.05, 0.1) is 0 Å². The van der Waals surface area contributed by atoms with Crippen molar-refractivity contribution in [2.75, 3.05) is 5.32 Å². The number of ketones is 1. The Hall–Kier alpha value is -3.60. The van der Waals surface area contributed by atoms with Crippen molar-refractivity contribution >= 4 is 40.6 Å². The fraction of sp³-hybridized carbons (Fsp3) is 0.161. The molecule has 4 aromatic rings. The maximum atomic E-state index is 12.4. The van der Waals surface area contributed by atoms with Crippen LogP contribution in [0.1, 0.15) is 48.1 Å². The Morgan fingerprint density at radius 3 is 1.95 bits per heavy atom. The molecule has 6 heteroatoms. The molecule has 0 amide bonds. The zero-order chi connectivity index (χ0) is 26.4. The second-order valence-electron chi connectivity index (χ2n) is 8.93. The molecule has 4 nitrogen and oxygen atoms in total. The van der Waals surface area contributed by atoms with Crippen molar-refractivity contribution in [2.45, 2.75) is 32.2 Å². The van der Waals surface area contributed by atoms with Gasteiger partial charge in [-0.3, -0.25) is 9.59 Å². The van der Waals surface area contributed by atoms with Crippen molar-refractivity contribution in [1.82, 2.24) is 0 Å². The van der Waals surface area contributed by atoms with Gasteiger partial charge in [0, 0.05) is 40.2 Å². The SMILES string of the molecule is CC(Nc1ccc(-c2ccc(Cl)cc2)cc1)c1ccc(Cl)cc1-c1ccc(C(=O)CCCC(=O)O)cc1. The van der Waals surface area contributed by atoms with E-state index < -0.39 is 5.97 Å². The van der Waals surface area contributed by atoms with E-state index >= 15 is 0 Å². The number of carbonyl (C=O) groups excluding carboxylic acids is 1. The van der Waals surface area contributed by atoms with E-state index in [1.54, 1.807) is 12.1 Å². The lowest BCUT2D eigenvalue weighted by atomic mass is 9.94. The number of nitrogens with one attached hydrogen (secondary N) is 1. The third-order valence-corrected chi connectivity index (χ3v) is 6.73. The number of Topliss-reactive ketones (excluding diaryl/α,β-unsaturated/α-hetero) is 1. The number of hydrogen-bond acceptors (Lipinski definition) is 3. The molecule has 4 aromatic carbocycles. The Labute approximate surface area is 226 Å². The Kier molecular flexibility index (Phi) is 8.65. The summed E-state index contributed by atoms with van der Waals surface area (Å²) in [7, 11) is 0. The van der Waals surface area contributed by atoms with Gasteiger partial charge in [-0.2, -0.15) is 0 Å². The maximum absolute atomic E-state index is 12.4. The Morgan fingerprint density at radius 2 is 1.32 bits per heavy atom. The van der Waals surface area contributed by atoms with Gasteiger partial charge in [0.2, 0.25) is 0 Å². The molecular weight excluding hydrogens is 505 g/mol. The van der Waals surface area contributed by atoms with Crippen molar-refractivity contribution < 1.29 is 14.7 Å². The Morgan fingerprint density at radius 1 is 0.757 bits per heavy atom. The number of anilines is 1. The average molecular weight is 532 g/mol. The van der Waals surface area contributed by atoms with Gasteiger partial charge in [0.25, 0.3) is 0 Å². The largest absolute Gasteiger partial charge is 0.481 e. The number of aliphatic carboxylic acids is 1. The summed E-state index contributed by atoms with van der Waals surface area (Å²) in [5.41, 5.74) is 6.79. The second-order valence-corrected chi connectivity index (χ2v) is 9.80. The van der Waals surface area contributed by atoms with Crippen LogP contribution in [0, 0.1) is 0 Å². The highest BCUT2D eigenvalue weighted by Gasteiger charge is 2.14. The van der Waals surface area contributed by atoms with Crippen molar-refractivity contribution in [1.29, 1.82) is 0 Å². The van der Waals surface area contributed by atoms with Crippen molar-refractivity contribution in [3.8, 4) is 22.3 Å². The minimum atomic E-state index is -0.892. The standard InChI is InChI=1S/C31H27Cl2NO3/c1-20(34-27-16-11-22(12-17-27)21-9-13-25(32)14-10-21)28-18-15-26(33)19-29(28)23-5-7-24(8-6-23)30(35)3-2-4-31(36)37/h5-20,34H,2-4H2,1H3,(H,36,37). The number of benzene rings is 4. The summed E-state index contributed by atoms with van der Waals surface area (Å²) < 4.78 is 0. The highest BCUT2D eigenvalue weighted by atomic mass is 35.5. The van der Waals surface area contributed by atoms with Crippen LogP contribution in [0.15, 0.2) is 91.0 Å². The number of carboxylic acid groups (broad SMARTS) is 1. The molecule has 0 aliphatic rings. The summed E-state index contributed by atoms with van der Waals surface area (Å²) in [6, 6.07) is 29.3. The van der Waals surface area contributed by atoms with Crippen LogP contribution in [0.25, 0.3) is 22.3 Å². The molecule has 37 heavy (non-hydrogen) atoms. The van der Waals surface area contributed by atoms with Crippen LogP contribution in [0.2, 0.25) is 10.0 Å². The van der Waals surface area contributed by atoms with Crippen LogP contribution in [0.4, 0.5) is 5.69 Å². The third kappa shape index (κ3) is 7.00. The van der Waals surface area contributed by atoms with Gasteiger partial charge in [0.1, 0.15) is 0 Å². The van der Waals surface area contributed by atoms with Gasteiger partial charge in [0.15, 0.2) is 5.78 Å². The summed E-state index contributed by atoms with van der Waals surface area (Å²) in [6.07, 6.45) is 0.536. The van der Waals surface area contributed by atoms with Gasteiger partial charge >= 0.3 is 5.97 Å². The maximum Gasteiger partial charge on any atom is 0.303 e. The second kappa shape index (κ2) is 12.1. The molecule has 0 aromatic heterocycles. The molecule has 0 saturated carbocycles. The molecule has 1 atom stereocenters. The van der Waals surface area contributed by atoms with E-state index in [1.807, 2.05) is 54.6 Å². The summed E-state index contributed by atoms with van der Waals surface area (Å²) >= 11 is 12.4. The van der Waals surface area contributed by atoms with Crippen LogP contribution in [-0.2, 0) is 4.79 Å². The lowest BCUT2D eigenvalue weighted by Gasteiger charge is -2.20. The normalized spacial score (nSPS) is 11.6. The molecule has 188 valence electrons. The summed E-state index contributed by atoms with van der Waals surface area (Å²) in [5.74, 6) is -0.951. The highest BCUT2D eigenvalue weighted by molar-refractivity contribution is 6.31. The predicted molar refractivity (Wildman–Crippen MR) is 152 cm³/mol. The van der Waals surface area contributed by atoms with Crippen LogP contribution < -0.4 is 5.32 Å². The molecule has 2 N–H and O–H groups in total. The fourth-order valence-corrected chi connectivity index (χ4v) is 4.56. The molecule has 0 radical (unpaired) electrons. The number of rotatable bonds is 10. The number of carboxylic acids is 1. The molecule has 1 unspecified atom stereocenters. The molecule has 0 saturated heterocycles. The van der Waals surface area contributed by atoms with Crippen LogP contribution in [0.3, 0.4) is 0 Å². The Balaban J connectivity index is 1.50. The molecule has 0 spiro atoms. The summed E-state index contributed by atoms with van der Waals surface area (Å²) in [6.45, 7) is 2.10. The summed E-state index contributed by atoms with van der Waals surface area (Å²) in [5, 5.41) is 13.7. The first-order valence-electron chi connectivity index (χ1n) is 12.1. The molecule has 4 rings (SSSR count). The molecule has 0 heterocycles. The van der Waals surface area contributed by atoms with Crippen molar-refractivity contribution in [3.63, 3.8) is 0 Å². The monoisotopic (exact) mass is 531 g/mol. The smallest absolute Gasteiger partial charge is 0.303 e. The topological polar surface area (TPSA) is 66.4 Å². The third-order valence-electron chi connectivity index (χ3n) is 6.24. The Bertz CT molecular complexity index is 1380. The molecular formula is C31H27Cl2NO3. The van der Waals surface area contributed by atoms with Crippen molar-refractivity contribution in [3.05, 3.63) is 112 Å². The number of carbonyl (C=O) groups is 2. The lowest BCUT2D eigenvalue weighted by molar-refractivity contribution is -0.137. The van der Waals surface area contributed by atoms with Crippen LogP contribution in [-0.4, -0.2) is 16.9 Å². The van der Waals surface area contributed by atoms with E-state index in [-0.39, 0.29) is 24.7 Å². The first-order valence-corrected chi connectivity index (χ1v) is 12.8. The lowest BCUT2D eigenvalue weighted by Crippen LogP contribution is -2.08. The number of hydrogen-bond donors (Lipinski definition) is 2. The van der Waals surface area contributed by atoms with Crippen molar-refractivity contribution in [2.24, 2.45) is 0 Å². The molecule has 0 aliphatic carbocycles. The van der Waals surface area contributed by atoms with E-state index in [9.17, 15) is 9.59 Å². The molecule has 0 fully saturated rings. The van der Waals surface area contributed by atoms with Gasteiger partial charge < -0.3 is 10.4 Å². The van der Waals surface area contributed by atoms with Crippen LogP contribution in [0.5, 0.6) is 0 Å². The van der Waals surface area contributed by atoms with Gasteiger partial charge in [-0.15, -0.1) is 0 Å². The average Bonchev–Trinajstić information content (AvgIpc) is 2.89. The summed E-state index contributed by atoms with van der Waals surface area (Å²) in [4.78, 5) is 23.1. The van der Waals surface area contributed by atoms with Gasteiger partial charge in [-0.25, -0.2) is 0 Å². The van der Waals surface area contributed by atoms with E-state index in [0.29, 0.717) is 22.0 Å². The van der Waals surface area contributed by atoms with Gasteiger partial charge in [-0.1, -0.05) is 77.8 Å². The van der Waals surface area contributed by atoms with E-state index in [1.165, 1.54) is 0 Å². The molecule has 0 bridgehead atoms. The van der Waals surface area contributed by atoms with Crippen LogP contribution >= 0.6 is 23.2 Å². The van der Waals surface area contributed by atoms with E-state index in [4.69, 9.17) is 28.3 Å². The van der Waals surface area contributed by atoms with E-state index in [2.05, 4.69) is 36.5 Å². The first-order chi connectivity index (χ1) is 17.8. The zero-order valence-electron chi connectivity index (χ0n) is 20.4. The van der Waals surface area contributed by atoms with E-state index in [0.717, 1.165) is 33.5 Å².